The maximum absolute atomic E-state index is 12.4. The number of amides is 1. The van der Waals surface area contributed by atoms with Crippen molar-refractivity contribution in [3.63, 3.8) is 0 Å². The van der Waals surface area contributed by atoms with Crippen LogP contribution in [-0.2, 0) is 16.1 Å². The lowest BCUT2D eigenvalue weighted by atomic mass is 10.2. The number of hydrogen-bond acceptors (Lipinski definition) is 3. The van der Waals surface area contributed by atoms with E-state index in [1.54, 1.807) is 0 Å². The Kier molecular flexibility index (Phi) is 5.16. The number of benzene rings is 1. The first-order valence-electron chi connectivity index (χ1n) is 7.20. The fourth-order valence-electron chi connectivity index (χ4n) is 2.41. The molecule has 0 saturated carbocycles. The van der Waals surface area contributed by atoms with Crippen LogP contribution < -0.4 is 5.32 Å². The van der Waals surface area contributed by atoms with Crippen LogP contribution in [0, 0.1) is 0 Å². The molecule has 0 aliphatic heterocycles. The van der Waals surface area contributed by atoms with Gasteiger partial charge < -0.3 is 19.7 Å². The molecule has 1 atom stereocenters. The van der Waals surface area contributed by atoms with Gasteiger partial charge in [-0.25, -0.2) is 4.79 Å². The van der Waals surface area contributed by atoms with Gasteiger partial charge in [-0.2, -0.15) is 0 Å². The molecule has 0 aliphatic rings. The molecule has 1 amide bonds. The average Bonchev–Trinajstić information content (AvgIpc) is 2.87. The third-order valence-electron chi connectivity index (χ3n) is 3.50. The monoisotopic (exact) mass is 304 g/mol. The van der Waals surface area contributed by atoms with E-state index < -0.39 is 12.1 Å². The smallest absolute Gasteiger partial charge is 0.334 e. The van der Waals surface area contributed by atoms with Gasteiger partial charge in [-0.1, -0.05) is 25.1 Å². The summed E-state index contributed by atoms with van der Waals surface area (Å²) in [6.45, 7) is 2.70. The molecule has 6 heteroatoms. The van der Waals surface area contributed by atoms with E-state index in [2.05, 4.69) is 5.32 Å². The van der Waals surface area contributed by atoms with Crippen molar-refractivity contribution in [2.24, 2.45) is 0 Å². The quantitative estimate of drug-likeness (QED) is 0.818. The third-order valence-corrected chi connectivity index (χ3v) is 3.50. The zero-order chi connectivity index (χ0) is 16.1. The van der Waals surface area contributed by atoms with E-state index in [4.69, 9.17) is 9.84 Å². The van der Waals surface area contributed by atoms with Crippen molar-refractivity contribution in [2.45, 2.75) is 26.0 Å². The molecule has 1 heterocycles. The number of aryl methyl sites for hydroxylation is 1. The summed E-state index contributed by atoms with van der Waals surface area (Å²) in [6, 6.07) is 9.60. The van der Waals surface area contributed by atoms with Gasteiger partial charge in [0.25, 0.3) is 5.91 Å². The van der Waals surface area contributed by atoms with Crippen molar-refractivity contribution >= 4 is 22.8 Å². The molecule has 1 unspecified atom stereocenters. The summed E-state index contributed by atoms with van der Waals surface area (Å²) in [5.41, 5.74) is 1.53. The van der Waals surface area contributed by atoms with Crippen LogP contribution in [-0.4, -0.2) is 41.3 Å². The van der Waals surface area contributed by atoms with Gasteiger partial charge >= 0.3 is 5.97 Å². The Morgan fingerprint density at radius 2 is 2.09 bits per heavy atom. The number of carbonyl (C=O) groups is 2. The van der Waals surface area contributed by atoms with Crippen LogP contribution in [0.25, 0.3) is 10.9 Å². The highest BCUT2D eigenvalue weighted by Crippen LogP contribution is 2.20. The Morgan fingerprint density at radius 1 is 1.36 bits per heavy atom. The molecular formula is C16H20N2O4. The van der Waals surface area contributed by atoms with Gasteiger partial charge in [0.1, 0.15) is 5.69 Å². The molecule has 0 aliphatic carbocycles. The number of aromatic nitrogens is 1. The molecule has 0 saturated heterocycles. The molecule has 2 rings (SSSR count). The highest BCUT2D eigenvalue weighted by molar-refractivity contribution is 5.99. The molecule has 0 fully saturated rings. The maximum atomic E-state index is 12.4. The molecule has 0 spiro atoms. The minimum absolute atomic E-state index is 0.0711. The van der Waals surface area contributed by atoms with Crippen molar-refractivity contribution < 1.29 is 19.4 Å². The van der Waals surface area contributed by atoms with E-state index in [0.29, 0.717) is 5.69 Å². The first-order valence-corrected chi connectivity index (χ1v) is 7.20. The van der Waals surface area contributed by atoms with Crippen LogP contribution in [0.4, 0.5) is 0 Å². The number of rotatable bonds is 7. The molecule has 22 heavy (non-hydrogen) atoms. The summed E-state index contributed by atoms with van der Waals surface area (Å²) >= 11 is 0. The number of carboxylic acid groups (broad SMARTS) is 1. The van der Waals surface area contributed by atoms with E-state index in [1.165, 1.54) is 7.11 Å². The lowest BCUT2D eigenvalue weighted by Crippen LogP contribution is -2.38. The zero-order valence-electron chi connectivity index (χ0n) is 12.7. The number of aliphatic carboxylic acids is 1. The van der Waals surface area contributed by atoms with Crippen LogP contribution in [0.1, 0.15) is 23.8 Å². The van der Waals surface area contributed by atoms with Gasteiger partial charge in [0, 0.05) is 24.6 Å². The number of carboxylic acids is 1. The van der Waals surface area contributed by atoms with E-state index in [-0.39, 0.29) is 12.5 Å². The van der Waals surface area contributed by atoms with Gasteiger partial charge in [-0.3, -0.25) is 4.79 Å². The summed E-state index contributed by atoms with van der Waals surface area (Å²) in [5, 5.41) is 12.5. The Balaban J connectivity index is 2.23. The van der Waals surface area contributed by atoms with Crippen molar-refractivity contribution in [3.05, 3.63) is 36.0 Å². The van der Waals surface area contributed by atoms with E-state index >= 15 is 0 Å². The number of hydrogen-bond donors (Lipinski definition) is 2. The van der Waals surface area contributed by atoms with Gasteiger partial charge in [0.05, 0.1) is 6.54 Å². The van der Waals surface area contributed by atoms with Crippen molar-refractivity contribution in [1.82, 2.24) is 9.88 Å². The minimum atomic E-state index is -1.10. The summed E-state index contributed by atoms with van der Waals surface area (Å²) in [5.74, 6) is -1.40. The van der Waals surface area contributed by atoms with Gasteiger partial charge in [-0.05, 0) is 18.6 Å². The fourth-order valence-corrected chi connectivity index (χ4v) is 2.41. The summed E-state index contributed by atoms with van der Waals surface area (Å²) in [6.07, 6.45) is -0.151. The Bertz CT molecular complexity index is 678. The lowest BCUT2D eigenvalue weighted by Gasteiger charge is -2.13. The minimum Gasteiger partial charge on any atom is -0.479 e. The van der Waals surface area contributed by atoms with E-state index in [9.17, 15) is 9.59 Å². The normalized spacial score (nSPS) is 12.3. The van der Waals surface area contributed by atoms with Crippen LogP contribution in [0.2, 0.25) is 0 Å². The predicted octanol–water partition coefficient (Wildman–Crippen LogP) is 1.88. The molecule has 6 nitrogen and oxygen atoms in total. The standard InChI is InChI=1S/C16H20N2O4/c1-3-8-18-12-7-5-4-6-11(12)9-13(18)15(19)17-10-14(22-2)16(20)21/h4-7,9,14H,3,8,10H2,1-2H3,(H,17,19)(H,20,21). The number of para-hydroxylation sites is 1. The van der Waals surface area contributed by atoms with Crippen molar-refractivity contribution in [3.8, 4) is 0 Å². The number of nitrogens with zero attached hydrogens (tertiary/aromatic N) is 1. The first-order chi connectivity index (χ1) is 10.6. The topological polar surface area (TPSA) is 80.6 Å². The number of fused-ring (bicyclic) bond motifs is 1. The molecule has 118 valence electrons. The number of ether oxygens (including phenoxy) is 1. The Labute approximate surface area is 128 Å². The predicted molar refractivity (Wildman–Crippen MR) is 83.0 cm³/mol. The molecule has 1 aromatic heterocycles. The van der Waals surface area contributed by atoms with Crippen molar-refractivity contribution in [1.29, 1.82) is 0 Å². The highest BCUT2D eigenvalue weighted by Gasteiger charge is 2.20. The van der Waals surface area contributed by atoms with Crippen molar-refractivity contribution in [2.75, 3.05) is 13.7 Å². The second kappa shape index (κ2) is 7.09. The van der Waals surface area contributed by atoms with Crippen LogP contribution in [0.5, 0.6) is 0 Å². The molecule has 1 aromatic carbocycles. The second-order valence-electron chi connectivity index (χ2n) is 5.01. The molecule has 0 bridgehead atoms. The summed E-state index contributed by atoms with van der Waals surface area (Å²) in [4.78, 5) is 23.3. The number of nitrogens with one attached hydrogen (secondary N) is 1. The molecule has 0 radical (unpaired) electrons. The van der Waals surface area contributed by atoms with E-state index in [1.807, 2.05) is 41.8 Å². The zero-order valence-corrected chi connectivity index (χ0v) is 12.7. The SMILES string of the molecule is CCCn1c(C(=O)NCC(OC)C(=O)O)cc2ccccc21. The maximum Gasteiger partial charge on any atom is 0.334 e. The van der Waals surface area contributed by atoms with Crippen LogP contribution >= 0.6 is 0 Å². The fraction of sp³-hybridized carbons (Fsp3) is 0.375. The third kappa shape index (κ3) is 3.28. The van der Waals surface area contributed by atoms with E-state index in [0.717, 1.165) is 23.9 Å². The number of methoxy groups -OCH3 is 1. The van der Waals surface area contributed by atoms with Crippen LogP contribution in [0.15, 0.2) is 30.3 Å². The Morgan fingerprint density at radius 3 is 2.73 bits per heavy atom. The van der Waals surface area contributed by atoms with Gasteiger partial charge in [0.15, 0.2) is 6.10 Å². The summed E-state index contributed by atoms with van der Waals surface area (Å²) < 4.78 is 6.77. The van der Waals surface area contributed by atoms with Crippen LogP contribution in [0.3, 0.4) is 0 Å². The largest absolute Gasteiger partial charge is 0.479 e. The van der Waals surface area contributed by atoms with Gasteiger partial charge in [-0.15, -0.1) is 0 Å². The highest BCUT2D eigenvalue weighted by atomic mass is 16.5. The van der Waals surface area contributed by atoms with Gasteiger partial charge in [0.2, 0.25) is 0 Å². The molecule has 2 aromatic rings. The Hall–Kier alpha value is -2.34. The lowest BCUT2D eigenvalue weighted by molar-refractivity contribution is -0.148. The summed E-state index contributed by atoms with van der Waals surface area (Å²) in [7, 11) is 1.30. The second-order valence-corrected chi connectivity index (χ2v) is 5.01. The first kappa shape index (κ1) is 16.0. The number of carbonyl (C=O) groups excluding carboxylic acids is 1. The molecular weight excluding hydrogens is 284 g/mol. The molecule has 2 N–H and O–H groups in total. The average molecular weight is 304 g/mol.